The first-order chi connectivity index (χ1) is 8.22. The minimum Gasteiger partial charge on any atom is -0.496 e. The minimum absolute atomic E-state index is 0.151. The standard InChI is InChI=1S/C13H15N3O/c1-9(14)13-15-7-10(8-16-13)11-5-3-4-6-12(11)17-2/h3-9H,14H2,1-2H3. The molecule has 0 amide bonds. The van der Waals surface area contributed by atoms with E-state index in [2.05, 4.69) is 9.97 Å². The number of benzene rings is 1. The molecule has 17 heavy (non-hydrogen) atoms. The van der Waals surface area contributed by atoms with E-state index in [-0.39, 0.29) is 6.04 Å². The average molecular weight is 229 g/mol. The lowest BCUT2D eigenvalue weighted by Crippen LogP contribution is -2.09. The van der Waals surface area contributed by atoms with Crippen LogP contribution in [0.25, 0.3) is 11.1 Å². The Balaban J connectivity index is 2.40. The second-order valence-electron chi connectivity index (χ2n) is 3.82. The fourth-order valence-corrected chi connectivity index (χ4v) is 1.60. The SMILES string of the molecule is COc1ccccc1-c1cnc(C(C)N)nc1. The molecular formula is C13H15N3O. The van der Waals surface area contributed by atoms with Gasteiger partial charge >= 0.3 is 0 Å². The number of rotatable bonds is 3. The van der Waals surface area contributed by atoms with Gasteiger partial charge < -0.3 is 10.5 Å². The molecule has 0 spiro atoms. The lowest BCUT2D eigenvalue weighted by atomic mass is 10.1. The number of hydrogen-bond donors (Lipinski definition) is 1. The lowest BCUT2D eigenvalue weighted by molar-refractivity contribution is 0.416. The van der Waals surface area contributed by atoms with Gasteiger partial charge in [0.25, 0.3) is 0 Å². The molecule has 88 valence electrons. The van der Waals surface area contributed by atoms with E-state index < -0.39 is 0 Å². The van der Waals surface area contributed by atoms with Crippen molar-refractivity contribution < 1.29 is 4.74 Å². The summed E-state index contributed by atoms with van der Waals surface area (Å²) in [4.78, 5) is 8.48. The van der Waals surface area contributed by atoms with Crippen molar-refractivity contribution in [3.63, 3.8) is 0 Å². The molecule has 0 aliphatic rings. The number of para-hydroxylation sites is 1. The quantitative estimate of drug-likeness (QED) is 0.876. The Labute approximate surface area is 100 Å². The molecule has 1 unspecified atom stereocenters. The van der Waals surface area contributed by atoms with Gasteiger partial charge in [-0.1, -0.05) is 18.2 Å². The van der Waals surface area contributed by atoms with Crippen LogP contribution in [0.1, 0.15) is 18.8 Å². The molecule has 0 aliphatic carbocycles. The molecule has 4 heteroatoms. The maximum absolute atomic E-state index is 5.71. The number of nitrogens with zero attached hydrogens (tertiary/aromatic N) is 2. The van der Waals surface area contributed by atoms with Crippen molar-refractivity contribution in [3.8, 4) is 16.9 Å². The second-order valence-corrected chi connectivity index (χ2v) is 3.82. The molecular weight excluding hydrogens is 214 g/mol. The van der Waals surface area contributed by atoms with Crippen LogP contribution in [-0.4, -0.2) is 17.1 Å². The third kappa shape index (κ3) is 2.42. The fourth-order valence-electron chi connectivity index (χ4n) is 1.60. The molecule has 1 aromatic heterocycles. The predicted octanol–water partition coefficient (Wildman–Crippen LogP) is 2.17. The molecule has 1 aromatic carbocycles. The second kappa shape index (κ2) is 4.93. The summed E-state index contributed by atoms with van der Waals surface area (Å²) in [5.74, 6) is 1.45. The molecule has 2 N–H and O–H groups in total. The largest absolute Gasteiger partial charge is 0.496 e. The minimum atomic E-state index is -0.151. The van der Waals surface area contributed by atoms with Gasteiger partial charge in [-0.3, -0.25) is 0 Å². The normalized spacial score (nSPS) is 12.2. The topological polar surface area (TPSA) is 61.0 Å². The zero-order valence-corrected chi connectivity index (χ0v) is 9.92. The number of hydrogen-bond acceptors (Lipinski definition) is 4. The van der Waals surface area contributed by atoms with Crippen LogP contribution in [0.3, 0.4) is 0 Å². The van der Waals surface area contributed by atoms with E-state index in [0.717, 1.165) is 16.9 Å². The summed E-state index contributed by atoms with van der Waals surface area (Å²) in [5.41, 5.74) is 7.61. The molecule has 0 radical (unpaired) electrons. The highest BCUT2D eigenvalue weighted by Crippen LogP contribution is 2.28. The average Bonchev–Trinajstić information content (AvgIpc) is 2.39. The molecule has 0 fully saturated rings. The molecule has 2 aromatic rings. The Morgan fingerprint density at radius 1 is 1.18 bits per heavy atom. The number of methoxy groups -OCH3 is 1. The number of nitrogens with two attached hydrogens (primary N) is 1. The van der Waals surface area contributed by atoms with Gasteiger partial charge in [-0.25, -0.2) is 9.97 Å². The van der Waals surface area contributed by atoms with Crippen molar-refractivity contribution in [3.05, 3.63) is 42.5 Å². The van der Waals surface area contributed by atoms with Gasteiger partial charge in [0.15, 0.2) is 0 Å². The Bertz CT molecular complexity index is 494. The van der Waals surface area contributed by atoms with Crippen LogP contribution < -0.4 is 10.5 Å². The van der Waals surface area contributed by atoms with Crippen molar-refractivity contribution in [1.29, 1.82) is 0 Å². The zero-order valence-electron chi connectivity index (χ0n) is 9.92. The first-order valence-corrected chi connectivity index (χ1v) is 5.43. The Morgan fingerprint density at radius 2 is 1.82 bits per heavy atom. The van der Waals surface area contributed by atoms with Crippen LogP contribution >= 0.6 is 0 Å². The molecule has 1 heterocycles. The molecule has 0 saturated carbocycles. The monoisotopic (exact) mass is 229 g/mol. The molecule has 1 atom stereocenters. The summed E-state index contributed by atoms with van der Waals surface area (Å²) >= 11 is 0. The van der Waals surface area contributed by atoms with Crippen molar-refractivity contribution in [2.24, 2.45) is 5.73 Å². The van der Waals surface area contributed by atoms with Crippen molar-refractivity contribution in [1.82, 2.24) is 9.97 Å². The zero-order chi connectivity index (χ0) is 12.3. The highest BCUT2D eigenvalue weighted by atomic mass is 16.5. The molecule has 2 rings (SSSR count). The lowest BCUT2D eigenvalue weighted by Gasteiger charge is -2.08. The van der Waals surface area contributed by atoms with Gasteiger partial charge in [0.05, 0.1) is 13.2 Å². The van der Waals surface area contributed by atoms with Gasteiger partial charge in [-0.05, 0) is 13.0 Å². The predicted molar refractivity (Wildman–Crippen MR) is 66.6 cm³/mol. The highest BCUT2D eigenvalue weighted by Gasteiger charge is 2.07. The summed E-state index contributed by atoms with van der Waals surface area (Å²) in [6, 6.07) is 7.62. The van der Waals surface area contributed by atoms with Crippen LogP contribution in [-0.2, 0) is 0 Å². The van der Waals surface area contributed by atoms with Crippen LogP contribution in [0, 0.1) is 0 Å². The van der Waals surface area contributed by atoms with Gasteiger partial charge in [0, 0.05) is 23.5 Å². The van der Waals surface area contributed by atoms with E-state index in [1.165, 1.54) is 0 Å². The van der Waals surface area contributed by atoms with E-state index in [4.69, 9.17) is 10.5 Å². The van der Waals surface area contributed by atoms with Crippen molar-refractivity contribution in [2.75, 3.05) is 7.11 Å². The van der Waals surface area contributed by atoms with Crippen molar-refractivity contribution >= 4 is 0 Å². The summed E-state index contributed by atoms with van der Waals surface area (Å²) in [5, 5.41) is 0. The van der Waals surface area contributed by atoms with Crippen LogP contribution in [0.2, 0.25) is 0 Å². The summed E-state index contributed by atoms with van der Waals surface area (Å²) < 4.78 is 5.30. The first-order valence-electron chi connectivity index (χ1n) is 5.43. The molecule has 4 nitrogen and oxygen atoms in total. The highest BCUT2D eigenvalue weighted by molar-refractivity contribution is 5.68. The van der Waals surface area contributed by atoms with E-state index in [1.807, 2.05) is 31.2 Å². The van der Waals surface area contributed by atoms with Gasteiger partial charge in [-0.15, -0.1) is 0 Å². The smallest absolute Gasteiger partial charge is 0.144 e. The van der Waals surface area contributed by atoms with Crippen LogP contribution in [0.15, 0.2) is 36.7 Å². The van der Waals surface area contributed by atoms with Gasteiger partial charge in [0.1, 0.15) is 11.6 Å². The first kappa shape index (κ1) is 11.5. The number of aromatic nitrogens is 2. The Hall–Kier alpha value is -1.94. The summed E-state index contributed by atoms with van der Waals surface area (Å²) in [6.07, 6.45) is 3.53. The maximum atomic E-state index is 5.71. The Kier molecular flexibility index (Phi) is 3.35. The van der Waals surface area contributed by atoms with Gasteiger partial charge in [0.2, 0.25) is 0 Å². The Morgan fingerprint density at radius 3 is 2.41 bits per heavy atom. The maximum Gasteiger partial charge on any atom is 0.144 e. The van der Waals surface area contributed by atoms with Gasteiger partial charge in [-0.2, -0.15) is 0 Å². The third-order valence-electron chi connectivity index (χ3n) is 2.50. The number of ether oxygens (including phenoxy) is 1. The van der Waals surface area contributed by atoms with Crippen LogP contribution in [0.4, 0.5) is 0 Å². The van der Waals surface area contributed by atoms with E-state index in [0.29, 0.717) is 5.82 Å². The molecule has 0 saturated heterocycles. The van der Waals surface area contributed by atoms with Crippen LogP contribution in [0.5, 0.6) is 5.75 Å². The summed E-state index contributed by atoms with van der Waals surface area (Å²) in [7, 11) is 1.65. The van der Waals surface area contributed by atoms with Crippen molar-refractivity contribution in [2.45, 2.75) is 13.0 Å². The molecule has 0 aliphatic heterocycles. The van der Waals surface area contributed by atoms with E-state index >= 15 is 0 Å². The summed E-state index contributed by atoms with van der Waals surface area (Å²) in [6.45, 7) is 1.86. The van der Waals surface area contributed by atoms with E-state index in [9.17, 15) is 0 Å². The fraction of sp³-hybridized carbons (Fsp3) is 0.231. The third-order valence-corrected chi connectivity index (χ3v) is 2.50. The van der Waals surface area contributed by atoms with E-state index in [1.54, 1.807) is 19.5 Å². The molecule has 0 bridgehead atoms.